The van der Waals surface area contributed by atoms with Crippen LogP contribution in [0.25, 0.3) is 0 Å². The number of nitrogens with zero attached hydrogens (tertiary/aromatic N) is 1. The van der Waals surface area contributed by atoms with Gasteiger partial charge in [0.2, 0.25) is 5.91 Å². The highest BCUT2D eigenvalue weighted by Gasteiger charge is 2.61. The Hall–Kier alpha value is -2.10. The zero-order valence-electron chi connectivity index (χ0n) is 24.5. The van der Waals surface area contributed by atoms with Crippen molar-refractivity contribution in [3.8, 4) is 0 Å². The Bertz CT molecular complexity index is 1200. The predicted octanol–water partition coefficient (Wildman–Crippen LogP) is 8.20. The number of ketones is 1. The number of hydrogen-bond donors (Lipinski definition) is 1. The van der Waals surface area contributed by atoms with E-state index in [0.717, 1.165) is 37.0 Å². The van der Waals surface area contributed by atoms with E-state index in [4.69, 9.17) is 0 Å². The Kier molecular flexibility index (Phi) is 7.84. The molecule has 4 nitrogen and oxygen atoms in total. The van der Waals surface area contributed by atoms with Gasteiger partial charge >= 0.3 is 12.4 Å². The number of rotatable bonds is 5. The van der Waals surface area contributed by atoms with Gasteiger partial charge in [-0.2, -0.15) is 26.3 Å². The molecule has 4 aliphatic carbocycles. The van der Waals surface area contributed by atoms with Gasteiger partial charge in [0, 0.05) is 23.9 Å². The molecule has 0 spiro atoms. The number of Topliss-reactive ketones (excluding diaryl/α,β-unsaturated/α-hetero) is 1. The maximum atomic E-state index is 13.6. The topological polar surface area (TPSA) is 57.6 Å². The second kappa shape index (κ2) is 10.5. The van der Waals surface area contributed by atoms with Crippen LogP contribution in [0.3, 0.4) is 0 Å². The molecule has 0 heterocycles. The molecule has 5 rings (SSSR count). The number of anilines is 1. The number of amides is 1. The fourth-order valence-electron chi connectivity index (χ4n) is 9.30. The molecular weight excluding hydrogens is 560 g/mol. The summed E-state index contributed by atoms with van der Waals surface area (Å²) in [6.07, 6.45) is -3.39. The molecule has 0 bridgehead atoms. The van der Waals surface area contributed by atoms with Gasteiger partial charge in [-0.1, -0.05) is 20.8 Å². The van der Waals surface area contributed by atoms with Gasteiger partial charge in [0.25, 0.3) is 0 Å². The second-order valence-electron chi connectivity index (χ2n) is 14.0. The van der Waals surface area contributed by atoms with Crippen molar-refractivity contribution < 1.29 is 41.0 Å². The number of carbonyl (C=O) groups is 2. The Balaban J connectivity index is 1.42. The van der Waals surface area contributed by atoms with Gasteiger partial charge in [0.05, 0.1) is 23.3 Å². The predicted molar refractivity (Wildman–Crippen MR) is 145 cm³/mol. The van der Waals surface area contributed by atoms with Crippen LogP contribution in [0.5, 0.6) is 0 Å². The van der Waals surface area contributed by atoms with Crippen LogP contribution in [0.1, 0.15) is 103 Å². The molecule has 0 aliphatic heterocycles. The summed E-state index contributed by atoms with van der Waals surface area (Å²) < 4.78 is 81.8. The van der Waals surface area contributed by atoms with E-state index in [2.05, 4.69) is 13.8 Å². The minimum Gasteiger partial charge on any atom is -0.388 e. The lowest BCUT2D eigenvalue weighted by Gasteiger charge is -2.61. The standard InChI is InChI=1S/C32H41F6NO3/c1-4-5-27(41)39(22-15-20(31(33,34)35)14-21(16-22)32(36,37)38)18-30(42)13-12-28(2)19(17-30)6-7-23-24-8-9-26(40)29(24,3)11-10-25(23)28/h14-16,19,23-25,42H,4-13,17-18H2,1-3H3/t19-,23-,24-,25-,28-,29-,30+/m0/s1. The first-order valence-corrected chi connectivity index (χ1v) is 15.3. The number of hydrogen-bond acceptors (Lipinski definition) is 3. The van der Waals surface area contributed by atoms with Gasteiger partial charge in [0.1, 0.15) is 5.78 Å². The minimum absolute atomic E-state index is 0.0538. The molecule has 7 atom stereocenters. The monoisotopic (exact) mass is 601 g/mol. The van der Waals surface area contributed by atoms with Crippen LogP contribution in [-0.4, -0.2) is 28.9 Å². The summed E-state index contributed by atoms with van der Waals surface area (Å²) in [6.45, 7) is 5.73. The molecule has 1 N–H and O–H groups in total. The van der Waals surface area contributed by atoms with Crippen LogP contribution >= 0.6 is 0 Å². The molecule has 0 radical (unpaired) electrons. The molecule has 1 amide bonds. The van der Waals surface area contributed by atoms with E-state index in [0.29, 0.717) is 67.8 Å². The first-order chi connectivity index (χ1) is 19.4. The summed E-state index contributed by atoms with van der Waals surface area (Å²) >= 11 is 0. The Morgan fingerprint density at radius 1 is 0.929 bits per heavy atom. The van der Waals surface area contributed by atoms with Crippen LogP contribution < -0.4 is 4.90 Å². The normalized spacial score (nSPS) is 36.7. The van der Waals surface area contributed by atoms with Gasteiger partial charge in [0.15, 0.2) is 0 Å². The number of carbonyl (C=O) groups excluding carboxylic acids is 2. The number of alkyl halides is 6. The molecule has 234 valence electrons. The van der Waals surface area contributed by atoms with Gasteiger partial charge in [-0.25, -0.2) is 0 Å². The summed E-state index contributed by atoms with van der Waals surface area (Å²) in [5, 5.41) is 11.9. The highest BCUT2D eigenvalue weighted by Crippen LogP contribution is 2.66. The first-order valence-electron chi connectivity index (χ1n) is 15.3. The lowest BCUT2D eigenvalue weighted by atomic mass is 9.44. The Morgan fingerprint density at radius 3 is 2.17 bits per heavy atom. The second-order valence-corrected chi connectivity index (χ2v) is 14.0. The molecule has 4 fully saturated rings. The van der Waals surface area contributed by atoms with E-state index in [-0.39, 0.29) is 35.8 Å². The minimum atomic E-state index is -5.04. The summed E-state index contributed by atoms with van der Waals surface area (Å²) in [4.78, 5) is 26.9. The molecular formula is C32H41F6NO3. The van der Waals surface area contributed by atoms with E-state index in [9.17, 15) is 41.0 Å². The maximum Gasteiger partial charge on any atom is 0.416 e. The SMILES string of the molecule is CCCC(=O)N(C[C@@]1(O)CC[C@@]2(C)[C@@H](CC[C@@H]3[C@@H]2CC[C@]2(C)C(=O)CC[C@@H]32)C1)c1cc(C(F)(F)F)cc(C(F)(F)F)c1. The number of fused-ring (bicyclic) bond motifs is 5. The van der Waals surface area contributed by atoms with E-state index in [1.165, 1.54) is 0 Å². The van der Waals surface area contributed by atoms with Crippen LogP contribution in [0.4, 0.5) is 32.0 Å². The quantitative estimate of drug-likeness (QED) is 0.346. The summed E-state index contributed by atoms with van der Waals surface area (Å²) in [7, 11) is 0. The third-order valence-corrected chi connectivity index (χ3v) is 11.6. The molecule has 0 unspecified atom stereocenters. The zero-order chi connectivity index (χ0) is 30.9. The van der Waals surface area contributed by atoms with E-state index in [1.807, 2.05) is 0 Å². The molecule has 1 aromatic carbocycles. The number of benzene rings is 1. The van der Waals surface area contributed by atoms with E-state index in [1.54, 1.807) is 6.92 Å². The van der Waals surface area contributed by atoms with Crippen LogP contribution in [-0.2, 0) is 21.9 Å². The van der Waals surface area contributed by atoms with Crippen molar-refractivity contribution in [1.82, 2.24) is 0 Å². The zero-order valence-corrected chi connectivity index (χ0v) is 24.5. The molecule has 42 heavy (non-hydrogen) atoms. The Morgan fingerprint density at radius 2 is 1.57 bits per heavy atom. The number of aliphatic hydroxyl groups is 1. The molecule has 0 saturated heterocycles. The van der Waals surface area contributed by atoms with Crippen molar-refractivity contribution in [2.45, 2.75) is 109 Å². The molecule has 4 saturated carbocycles. The smallest absolute Gasteiger partial charge is 0.388 e. The summed E-state index contributed by atoms with van der Waals surface area (Å²) in [5.41, 5.74) is -5.26. The lowest BCUT2D eigenvalue weighted by Crippen LogP contribution is -2.58. The molecule has 0 aromatic heterocycles. The van der Waals surface area contributed by atoms with Crippen LogP contribution in [0.2, 0.25) is 0 Å². The van der Waals surface area contributed by atoms with Crippen molar-refractivity contribution in [3.63, 3.8) is 0 Å². The fraction of sp³-hybridized carbons (Fsp3) is 0.750. The molecule has 1 aromatic rings. The highest BCUT2D eigenvalue weighted by molar-refractivity contribution is 5.93. The van der Waals surface area contributed by atoms with Gasteiger partial charge in [-0.05, 0) is 105 Å². The lowest BCUT2D eigenvalue weighted by molar-refractivity contribution is -0.153. The van der Waals surface area contributed by atoms with Crippen LogP contribution in [0.15, 0.2) is 18.2 Å². The molecule has 4 aliphatic rings. The van der Waals surface area contributed by atoms with Gasteiger partial charge in [-0.15, -0.1) is 0 Å². The first kappa shape index (κ1) is 31.3. The summed E-state index contributed by atoms with van der Waals surface area (Å²) in [6, 6.07) is 1.21. The maximum absolute atomic E-state index is 13.6. The average Bonchev–Trinajstić information content (AvgIpc) is 3.21. The van der Waals surface area contributed by atoms with Crippen molar-refractivity contribution in [2.75, 3.05) is 11.4 Å². The summed E-state index contributed by atoms with van der Waals surface area (Å²) in [5.74, 6) is 1.07. The van der Waals surface area contributed by atoms with Crippen molar-refractivity contribution in [3.05, 3.63) is 29.3 Å². The van der Waals surface area contributed by atoms with Crippen molar-refractivity contribution in [2.24, 2.45) is 34.5 Å². The van der Waals surface area contributed by atoms with E-state index < -0.39 is 40.7 Å². The fourth-order valence-corrected chi connectivity index (χ4v) is 9.30. The van der Waals surface area contributed by atoms with Crippen molar-refractivity contribution in [1.29, 1.82) is 0 Å². The van der Waals surface area contributed by atoms with Gasteiger partial charge in [-0.3, -0.25) is 9.59 Å². The highest BCUT2D eigenvalue weighted by atomic mass is 19.4. The largest absolute Gasteiger partial charge is 0.416 e. The average molecular weight is 602 g/mol. The van der Waals surface area contributed by atoms with Crippen LogP contribution in [0, 0.1) is 34.5 Å². The molecule has 10 heteroatoms. The Labute approximate surface area is 243 Å². The number of halogens is 6. The van der Waals surface area contributed by atoms with Gasteiger partial charge < -0.3 is 10.0 Å². The third-order valence-electron chi connectivity index (χ3n) is 11.6. The van der Waals surface area contributed by atoms with E-state index >= 15 is 0 Å². The van der Waals surface area contributed by atoms with Crippen molar-refractivity contribution >= 4 is 17.4 Å². The third kappa shape index (κ3) is 5.38.